The Morgan fingerprint density at radius 3 is 2.29 bits per heavy atom. The molecule has 14 heavy (non-hydrogen) atoms. The number of nitrogens with two attached hydrogens (primary N) is 1. The van der Waals surface area contributed by atoms with Gasteiger partial charge in [-0.1, -0.05) is 6.42 Å². The predicted octanol–water partition coefficient (Wildman–Crippen LogP) is 0.460. The van der Waals surface area contributed by atoms with Crippen LogP contribution >= 0.6 is 12.4 Å². The Hall–Kier alpha value is 0.170. The standard InChI is InChI=1S/C10H20N2O.ClH/c11-4-5-12-6-8-2-1-3-9(7-12)10(8)13;/h8-10,13H,1-7,11H2;1H. The number of piperidine rings is 1. The Morgan fingerprint density at radius 1 is 1.21 bits per heavy atom. The molecular formula is C10H21ClN2O. The highest BCUT2D eigenvalue weighted by Gasteiger charge is 2.37. The van der Waals surface area contributed by atoms with E-state index in [0.29, 0.717) is 11.8 Å². The summed E-state index contributed by atoms with van der Waals surface area (Å²) in [5, 5.41) is 9.92. The fourth-order valence-corrected chi connectivity index (χ4v) is 2.87. The van der Waals surface area contributed by atoms with Crippen molar-refractivity contribution in [1.29, 1.82) is 0 Å². The Balaban J connectivity index is 0.000000980. The number of fused-ring (bicyclic) bond motifs is 2. The summed E-state index contributed by atoms with van der Waals surface area (Å²) in [7, 11) is 0. The number of hydrogen-bond donors (Lipinski definition) is 2. The fourth-order valence-electron chi connectivity index (χ4n) is 2.87. The Kier molecular flexibility index (Phi) is 4.64. The van der Waals surface area contributed by atoms with Crippen molar-refractivity contribution in [2.45, 2.75) is 25.4 Å². The Bertz CT molecular complexity index is 166. The van der Waals surface area contributed by atoms with Crippen LogP contribution in [-0.4, -0.2) is 42.3 Å². The van der Waals surface area contributed by atoms with Gasteiger partial charge in [0, 0.05) is 26.2 Å². The summed E-state index contributed by atoms with van der Waals surface area (Å²) in [6, 6.07) is 0. The van der Waals surface area contributed by atoms with E-state index in [4.69, 9.17) is 5.73 Å². The van der Waals surface area contributed by atoms with Crippen LogP contribution in [0.25, 0.3) is 0 Å². The number of rotatable bonds is 2. The van der Waals surface area contributed by atoms with Crippen molar-refractivity contribution in [2.24, 2.45) is 17.6 Å². The van der Waals surface area contributed by atoms with Crippen LogP contribution in [0, 0.1) is 11.8 Å². The lowest BCUT2D eigenvalue weighted by atomic mass is 9.75. The van der Waals surface area contributed by atoms with E-state index in [9.17, 15) is 5.11 Å². The van der Waals surface area contributed by atoms with E-state index >= 15 is 0 Å². The summed E-state index contributed by atoms with van der Waals surface area (Å²) in [4.78, 5) is 2.42. The third kappa shape index (κ3) is 2.40. The molecule has 1 aliphatic heterocycles. The summed E-state index contributed by atoms with van der Waals surface area (Å²) in [6.45, 7) is 3.87. The minimum absolute atomic E-state index is 0. The number of likely N-dealkylation sites (tertiary alicyclic amines) is 1. The van der Waals surface area contributed by atoms with Gasteiger partial charge in [0.15, 0.2) is 0 Å². The maximum atomic E-state index is 9.92. The second-order valence-corrected chi connectivity index (χ2v) is 4.49. The van der Waals surface area contributed by atoms with E-state index < -0.39 is 0 Å². The van der Waals surface area contributed by atoms with Gasteiger partial charge in [-0.3, -0.25) is 0 Å². The molecule has 0 spiro atoms. The monoisotopic (exact) mass is 220 g/mol. The van der Waals surface area contributed by atoms with Crippen molar-refractivity contribution in [1.82, 2.24) is 4.90 Å². The zero-order valence-electron chi connectivity index (χ0n) is 8.56. The molecule has 0 radical (unpaired) electrons. The normalized spacial score (nSPS) is 37.7. The second kappa shape index (κ2) is 5.31. The number of aliphatic hydroxyl groups excluding tert-OH is 1. The lowest BCUT2D eigenvalue weighted by molar-refractivity contribution is -0.0483. The molecule has 2 bridgehead atoms. The van der Waals surface area contributed by atoms with Gasteiger partial charge < -0.3 is 15.7 Å². The summed E-state index contributed by atoms with van der Waals surface area (Å²) >= 11 is 0. The molecule has 0 aromatic carbocycles. The van der Waals surface area contributed by atoms with Gasteiger partial charge >= 0.3 is 0 Å². The quantitative estimate of drug-likeness (QED) is 0.711. The van der Waals surface area contributed by atoms with Crippen LogP contribution in [0.2, 0.25) is 0 Å². The van der Waals surface area contributed by atoms with Crippen LogP contribution in [-0.2, 0) is 0 Å². The van der Waals surface area contributed by atoms with Crippen molar-refractivity contribution in [3.63, 3.8) is 0 Å². The Labute approximate surface area is 92.1 Å². The molecule has 2 fully saturated rings. The highest BCUT2D eigenvalue weighted by molar-refractivity contribution is 5.85. The first-order valence-electron chi connectivity index (χ1n) is 5.41. The molecule has 84 valence electrons. The van der Waals surface area contributed by atoms with Crippen molar-refractivity contribution >= 4 is 12.4 Å². The van der Waals surface area contributed by atoms with E-state index in [2.05, 4.69) is 4.90 Å². The third-order valence-corrected chi connectivity index (χ3v) is 3.55. The van der Waals surface area contributed by atoms with Gasteiger partial charge in [0.1, 0.15) is 0 Å². The van der Waals surface area contributed by atoms with E-state index in [1.165, 1.54) is 19.3 Å². The van der Waals surface area contributed by atoms with Crippen LogP contribution in [0.5, 0.6) is 0 Å². The first-order chi connectivity index (χ1) is 6.31. The predicted molar refractivity (Wildman–Crippen MR) is 59.6 cm³/mol. The van der Waals surface area contributed by atoms with Crippen molar-refractivity contribution in [2.75, 3.05) is 26.2 Å². The molecule has 0 aromatic heterocycles. The summed E-state index contributed by atoms with van der Waals surface area (Å²) in [5.41, 5.74) is 5.54. The molecule has 1 saturated heterocycles. The van der Waals surface area contributed by atoms with E-state index in [1.54, 1.807) is 0 Å². The molecule has 3 nitrogen and oxygen atoms in total. The van der Waals surface area contributed by atoms with Gasteiger partial charge in [-0.15, -0.1) is 12.4 Å². The number of halogens is 1. The zero-order valence-corrected chi connectivity index (χ0v) is 9.38. The lowest BCUT2D eigenvalue weighted by Gasteiger charge is -2.45. The summed E-state index contributed by atoms with van der Waals surface area (Å²) in [6.07, 6.45) is 3.70. The largest absolute Gasteiger partial charge is 0.392 e. The molecule has 2 atom stereocenters. The number of aliphatic hydroxyl groups is 1. The van der Waals surface area contributed by atoms with Gasteiger partial charge in [-0.2, -0.15) is 0 Å². The minimum atomic E-state index is -0.0252. The van der Waals surface area contributed by atoms with E-state index in [-0.39, 0.29) is 18.5 Å². The molecule has 2 rings (SSSR count). The van der Waals surface area contributed by atoms with Crippen molar-refractivity contribution < 1.29 is 5.11 Å². The molecule has 1 aliphatic carbocycles. The zero-order chi connectivity index (χ0) is 9.26. The smallest absolute Gasteiger partial charge is 0.0620 e. The third-order valence-electron chi connectivity index (χ3n) is 3.55. The van der Waals surface area contributed by atoms with Crippen LogP contribution in [0.4, 0.5) is 0 Å². The molecule has 1 saturated carbocycles. The minimum Gasteiger partial charge on any atom is -0.392 e. The average Bonchev–Trinajstić information content (AvgIpc) is 2.07. The summed E-state index contributed by atoms with van der Waals surface area (Å²) < 4.78 is 0. The Morgan fingerprint density at radius 2 is 1.79 bits per heavy atom. The lowest BCUT2D eigenvalue weighted by Crippen LogP contribution is -2.52. The highest BCUT2D eigenvalue weighted by atomic mass is 35.5. The molecule has 2 unspecified atom stereocenters. The number of nitrogens with zero attached hydrogens (tertiary/aromatic N) is 1. The second-order valence-electron chi connectivity index (χ2n) is 4.49. The molecular weight excluding hydrogens is 200 g/mol. The number of hydrogen-bond acceptors (Lipinski definition) is 3. The van der Waals surface area contributed by atoms with E-state index in [1.807, 2.05) is 0 Å². The van der Waals surface area contributed by atoms with Crippen LogP contribution < -0.4 is 5.73 Å². The molecule has 4 heteroatoms. The first-order valence-corrected chi connectivity index (χ1v) is 5.41. The maximum Gasteiger partial charge on any atom is 0.0620 e. The van der Waals surface area contributed by atoms with Crippen LogP contribution in [0.3, 0.4) is 0 Å². The molecule has 2 aliphatic rings. The van der Waals surface area contributed by atoms with Crippen molar-refractivity contribution in [3.8, 4) is 0 Å². The van der Waals surface area contributed by atoms with Gasteiger partial charge in [0.25, 0.3) is 0 Å². The van der Waals surface area contributed by atoms with Crippen molar-refractivity contribution in [3.05, 3.63) is 0 Å². The topological polar surface area (TPSA) is 49.5 Å². The SMILES string of the molecule is Cl.NCCN1CC2CCCC(C1)C2O. The van der Waals surface area contributed by atoms with Gasteiger partial charge in [-0.25, -0.2) is 0 Å². The molecule has 0 aromatic rings. The van der Waals surface area contributed by atoms with Crippen LogP contribution in [0.15, 0.2) is 0 Å². The molecule has 0 amide bonds. The summed E-state index contributed by atoms with van der Waals surface area (Å²) in [5.74, 6) is 1.05. The fraction of sp³-hybridized carbons (Fsp3) is 1.00. The first kappa shape index (κ1) is 12.2. The molecule has 1 heterocycles. The van der Waals surface area contributed by atoms with Crippen LogP contribution in [0.1, 0.15) is 19.3 Å². The van der Waals surface area contributed by atoms with Gasteiger partial charge in [0.2, 0.25) is 0 Å². The van der Waals surface area contributed by atoms with E-state index in [0.717, 1.165) is 26.2 Å². The molecule has 3 N–H and O–H groups in total. The average molecular weight is 221 g/mol. The maximum absolute atomic E-state index is 9.92. The highest BCUT2D eigenvalue weighted by Crippen LogP contribution is 2.34. The van der Waals surface area contributed by atoms with Gasteiger partial charge in [0.05, 0.1) is 6.10 Å². The van der Waals surface area contributed by atoms with Gasteiger partial charge in [-0.05, 0) is 24.7 Å².